The number of rotatable bonds is 4. The van der Waals surface area contributed by atoms with Gasteiger partial charge in [0, 0.05) is 19.0 Å². The normalized spacial score (nSPS) is 10.2. The lowest BCUT2D eigenvalue weighted by atomic mass is 10.1. The van der Waals surface area contributed by atoms with Crippen LogP contribution in [0.3, 0.4) is 0 Å². The molecule has 0 unspecified atom stereocenters. The van der Waals surface area contributed by atoms with Crippen molar-refractivity contribution in [2.45, 2.75) is 13.3 Å². The van der Waals surface area contributed by atoms with Crippen LogP contribution in [0, 0.1) is 6.92 Å². The van der Waals surface area contributed by atoms with Crippen molar-refractivity contribution in [3.63, 3.8) is 0 Å². The summed E-state index contributed by atoms with van der Waals surface area (Å²) < 4.78 is 5.71. The number of hydrogen-bond donors (Lipinski definition) is 1. The number of aryl methyl sites for hydroxylation is 1. The minimum absolute atomic E-state index is 0.0970. The highest BCUT2D eigenvalue weighted by molar-refractivity contribution is 5.36. The number of hydrogen-bond acceptors (Lipinski definition) is 4. The van der Waals surface area contributed by atoms with Gasteiger partial charge in [-0.3, -0.25) is 4.98 Å². The van der Waals surface area contributed by atoms with E-state index in [-0.39, 0.29) is 6.61 Å². The molecule has 1 N–H and O–H groups in total. The molecule has 1 heterocycles. The molecule has 17 heavy (non-hydrogen) atoms. The van der Waals surface area contributed by atoms with Gasteiger partial charge < -0.3 is 9.84 Å². The average Bonchev–Trinajstić information content (AvgIpc) is 2.35. The lowest BCUT2D eigenvalue weighted by Crippen LogP contribution is -1.98. The first-order valence-corrected chi connectivity index (χ1v) is 5.45. The molecule has 4 heteroatoms. The van der Waals surface area contributed by atoms with Crippen molar-refractivity contribution < 1.29 is 9.84 Å². The van der Waals surface area contributed by atoms with Crippen molar-refractivity contribution in [2.75, 3.05) is 6.61 Å². The zero-order chi connectivity index (χ0) is 12.1. The van der Waals surface area contributed by atoms with Crippen LogP contribution in [0.2, 0.25) is 0 Å². The van der Waals surface area contributed by atoms with Crippen LogP contribution >= 0.6 is 0 Å². The molecule has 1 aromatic carbocycles. The number of aliphatic hydroxyl groups excluding tert-OH is 1. The molecular weight excluding hydrogens is 216 g/mol. The molecule has 0 saturated carbocycles. The largest absolute Gasteiger partial charge is 0.437 e. The number of nitrogens with zero attached hydrogens (tertiary/aromatic N) is 2. The number of aliphatic hydroxyl groups is 1. The van der Waals surface area contributed by atoms with Crippen LogP contribution in [0.15, 0.2) is 36.7 Å². The Morgan fingerprint density at radius 2 is 1.94 bits per heavy atom. The molecule has 0 aliphatic carbocycles. The summed E-state index contributed by atoms with van der Waals surface area (Å²) in [5, 5.41) is 8.98. The van der Waals surface area contributed by atoms with Gasteiger partial charge in [0.25, 0.3) is 0 Å². The van der Waals surface area contributed by atoms with E-state index in [1.807, 2.05) is 31.2 Å². The summed E-state index contributed by atoms with van der Waals surface area (Å²) in [4.78, 5) is 8.24. The average molecular weight is 230 g/mol. The zero-order valence-corrected chi connectivity index (χ0v) is 9.63. The van der Waals surface area contributed by atoms with E-state index in [9.17, 15) is 0 Å². The number of aromatic nitrogens is 2. The van der Waals surface area contributed by atoms with Crippen LogP contribution in [-0.2, 0) is 6.42 Å². The van der Waals surface area contributed by atoms with Gasteiger partial charge in [-0.25, -0.2) is 4.98 Å². The second-order valence-corrected chi connectivity index (χ2v) is 3.63. The minimum atomic E-state index is 0.0970. The van der Waals surface area contributed by atoms with Crippen molar-refractivity contribution in [3.05, 3.63) is 47.9 Å². The predicted octanol–water partition coefficient (Wildman–Crippen LogP) is 2.11. The molecule has 0 aliphatic heterocycles. The van der Waals surface area contributed by atoms with Crippen molar-refractivity contribution in [1.29, 1.82) is 0 Å². The lowest BCUT2D eigenvalue weighted by molar-refractivity contribution is 0.297. The van der Waals surface area contributed by atoms with Crippen LogP contribution in [0.4, 0.5) is 0 Å². The summed E-state index contributed by atoms with van der Waals surface area (Å²) in [5.74, 6) is 1.21. The van der Waals surface area contributed by atoms with E-state index >= 15 is 0 Å². The maximum Gasteiger partial charge on any atom is 0.240 e. The third-order valence-corrected chi connectivity index (χ3v) is 2.40. The van der Waals surface area contributed by atoms with E-state index < -0.39 is 0 Å². The first kappa shape index (κ1) is 11.5. The number of ether oxygens (including phenoxy) is 1. The second-order valence-electron chi connectivity index (χ2n) is 3.63. The van der Waals surface area contributed by atoms with Gasteiger partial charge in [-0.15, -0.1) is 0 Å². The summed E-state index contributed by atoms with van der Waals surface area (Å²) in [7, 11) is 0. The fourth-order valence-electron chi connectivity index (χ4n) is 1.53. The van der Waals surface area contributed by atoms with Gasteiger partial charge in [0.05, 0.1) is 5.69 Å². The second kappa shape index (κ2) is 5.41. The molecule has 2 aromatic rings. The fraction of sp³-hybridized carbons (Fsp3) is 0.231. The van der Waals surface area contributed by atoms with Gasteiger partial charge in [0.15, 0.2) is 0 Å². The van der Waals surface area contributed by atoms with Crippen LogP contribution in [-0.4, -0.2) is 21.7 Å². The highest BCUT2D eigenvalue weighted by atomic mass is 16.5. The quantitative estimate of drug-likeness (QED) is 0.874. The lowest BCUT2D eigenvalue weighted by Gasteiger charge is -2.10. The van der Waals surface area contributed by atoms with Crippen molar-refractivity contribution >= 4 is 0 Å². The molecule has 0 spiro atoms. The van der Waals surface area contributed by atoms with Gasteiger partial charge >= 0.3 is 0 Å². The third kappa shape index (κ3) is 2.79. The topological polar surface area (TPSA) is 55.2 Å². The van der Waals surface area contributed by atoms with Gasteiger partial charge in [-0.05, 0) is 25.0 Å². The molecule has 0 aliphatic rings. The molecule has 1 aromatic heterocycles. The van der Waals surface area contributed by atoms with Gasteiger partial charge in [0.2, 0.25) is 5.88 Å². The molecule has 0 bridgehead atoms. The molecule has 2 rings (SSSR count). The molecule has 4 nitrogen and oxygen atoms in total. The van der Waals surface area contributed by atoms with Crippen molar-refractivity contribution in [3.8, 4) is 11.6 Å². The highest BCUT2D eigenvalue weighted by Crippen LogP contribution is 2.25. The van der Waals surface area contributed by atoms with Crippen molar-refractivity contribution in [2.24, 2.45) is 0 Å². The molecule has 0 radical (unpaired) electrons. The Hall–Kier alpha value is -1.94. The van der Waals surface area contributed by atoms with E-state index in [4.69, 9.17) is 9.84 Å². The molecule has 0 fully saturated rings. The smallest absolute Gasteiger partial charge is 0.240 e. The SMILES string of the molecule is Cc1nccnc1Oc1ccccc1CCO. The van der Waals surface area contributed by atoms with E-state index in [0.29, 0.717) is 18.1 Å². The Labute approximate surface area is 99.9 Å². The zero-order valence-electron chi connectivity index (χ0n) is 9.63. The first-order valence-electron chi connectivity index (χ1n) is 5.45. The first-order chi connectivity index (χ1) is 8.31. The van der Waals surface area contributed by atoms with Crippen LogP contribution in [0.25, 0.3) is 0 Å². The molecular formula is C13H14N2O2. The predicted molar refractivity (Wildman–Crippen MR) is 64.1 cm³/mol. The minimum Gasteiger partial charge on any atom is -0.437 e. The Kier molecular flexibility index (Phi) is 3.67. The summed E-state index contributed by atoms with van der Waals surface area (Å²) in [6.45, 7) is 1.94. The maximum absolute atomic E-state index is 8.98. The summed E-state index contributed by atoms with van der Waals surface area (Å²) in [6.07, 6.45) is 3.79. The van der Waals surface area contributed by atoms with E-state index in [1.54, 1.807) is 12.4 Å². The fourth-order valence-corrected chi connectivity index (χ4v) is 1.53. The van der Waals surface area contributed by atoms with E-state index in [2.05, 4.69) is 9.97 Å². The summed E-state index contributed by atoms with van der Waals surface area (Å²) in [6, 6.07) is 7.60. The third-order valence-electron chi connectivity index (χ3n) is 2.40. The Morgan fingerprint density at radius 1 is 1.18 bits per heavy atom. The monoisotopic (exact) mass is 230 g/mol. The number of benzene rings is 1. The summed E-state index contributed by atoms with van der Waals surface area (Å²) >= 11 is 0. The Balaban J connectivity index is 2.27. The number of para-hydroxylation sites is 1. The van der Waals surface area contributed by atoms with Gasteiger partial charge in [-0.2, -0.15) is 0 Å². The molecule has 88 valence electrons. The standard InChI is InChI=1S/C13H14N2O2/c1-10-13(15-8-7-14-10)17-12-5-3-2-4-11(12)6-9-16/h2-5,7-8,16H,6,9H2,1H3. The maximum atomic E-state index is 8.98. The summed E-state index contributed by atoms with van der Waals surface area (Å²) in [5.41, 5.74) is 1.70. The Morgan fingerprint density at radius 3 is 2.71 bits per heavy atom. The molecule has 0 atom stereocenters. The van der Waals surface area contributed by atoms with Gasteiger partial charge in [-0.1, -0.05) is 18.2 Å². The van der Waals surface area contributed by atoms with Gasteiger partial charge in [0.1, 0.15) is 5.75 Å². The van der Waals surface area contributed by atoms with Crippen molar-refractivity contribution in [1.82, 2.24) is 9.97 Å². The van der Waals surface area contributed by atoms with E-state index in [0.717, 1.165) is 11.3 Å². The van der Waals surface area contributed by atoms with E-state index in [1.165, 1.54) is 0 Å². The Bertz CT molecular complexity index is 500. The highest BCUT2D eigenvalue weighted by Gasteiger charge is 2.07. The molecule has 0 amide bonds. The van der Waals surface area contributed by atoms with Crippen LogP contribution < -0.4 is 4.74 Å². The van der Waals surface area contributed by atoms with Crippen LogP contribution in [0.5, 0.6) is 11.6 Å². The van der Waals surface area contributed by atoms with Crippen LogP contribution in [0.1, 0.15) is 11.3 Å². The molecule has 0 saturated heterocycles.